The molecule has 1 aromatic heterocycles. The van der Waals surface area contributed by atoms with E-state index in [-0.39, 0.29) is 11.6 Å². The Labute approximate surface area is 128 Å². The Morgan fingerprint density at radius 1 is 1.18 bits per heavy atom. The zero-order valence-corrected chi connectivity index (χ0v) is 12.8. The molecule has 0 saturated carbocycles. The highest BCUT2D eigenvalue weighted by atomic mass is 16.2. The minimum absolute atomic E-state index is 0.0770. The molecule has 6 heteroatoms. The van der Waals surface area contributed by atoms with Gasteiger partial charge < -0.3 is 15.3 Å². The van der Waals surface area contributed by atoms with Crippen LogP contribution < -0.4 is 10.9 Å². The van der Waals surface area contributed by atoms with E-state index in [9.17, 15) is 9.59 Å². The molecule has 1 aliphatic rings. The number of urea groups is 1. The molecule has 1 aliphatic heterocycles. The van der Waals surface area contributed by atoms with Gasteiger partial charge in [-0.2, -0.15) is 0 Å². The molecular weight excluding hydrogens is 280 g/mol. The predicted molar refractivity (Wildman–Crippen MR) is 85.3 cm³/mol. The second kappa shape index (κ2) is 5.71. The Hall–Kier alpha value is -2.50. The molecule has 3 rings (SSSR count). The van der Waals surface area contributed by atoms with Gasteiger partial charge in [0.25, 0.3) is 5.56 Å². The molecule has 0 aliphatic carbocycles. The fourth-order valence-electron chi connectivity index (χ4n) is 2.77. The van der Waals surface area contributed by atoms with E-state index in [2.05, 4.69) is 15.5 Å². The molecule has 2 heterocycles. The first-order valence-electron chi connectivity index (χ1n) is 7.46. The van der Waals surface area contributed by atoms with Gasteiger partial charge in [-0.25, -0.2) is 4.79 Å². The number of carbonyl (C=O) groups excluding carboxylic acids is 1. The third-order valence-electron chi connectivity index (χ3n) is 4.15. The number of nitrogens with one attached hydrogen (secondary N) is 3. The van der Waals surface area contributed by atoms with Gasteiger partial charge in [0.15, 0.2) is 0 Å². The van der Waals surface area contributed by atoms with Crippen molar-refractivity contribution in [1.29, 1.82) is 0 Å². The Balaban J connectivity index is 1.71. The van der Waals surface area contributed by atoms with Crippen molar-refractivity contribution < 1.29 is 4.79 Å². The lowest BCUT2D eigenvalue weighted by Crippen LogP contribution is -2.37. The number of hydrogen-bond acceptors (Lipinski definition) is 2. The summed E-state index contributed by atoms with van der Waals surface area (Å²) in [4.78, 5) is 25.9. The number of amides is 2. The first-order chi connectivity index (χ1) is 10.5. The van der Waals surface area contributed by atoms with E-state index in [1.54, 1.807) is 4.90 Å². The molecule has 0 atom stereocenters. The van der Waals surface area contributed by atoms with Gasteiger partial charge in [-0.15, -0.1) is 0 Å². The van der Waals surface area contributed by atoms with Crippen molar-refractivity contribution >= 4 is 11.7 Å². The van der Waals surface area contributed by atoms with Crippen LogP contribution in [-0.2, 0) is 12.8 Å². The lowest BCUT2D eigenvalue weighted by Gasteiger charge is -2.21. The van der Waals surface area contributed by atoms with Gasteiger partial charge >= 0.3 is 6.03 Å². The van der Waals surface area contributed by atoms with Crippen molar-refractivity contribution in [3.63, 3.8) is 0 Å². The quantitative estimate of drug-likeness (QED) is 0.752. The molecule has 0 spiro atoms. The van der Waals surface area contributed by atoms with Crippen LogP contribution >= 0.6 is 0 Å². The summed E-state index contributed by atoms with van der Waals surface area (Å²) in [6.45, 7) is 5.11. The van der Waals surface area contributed by atoms with E-state index in [1.807, 2.05) is 32.0 Å². The summed E-state index contributed by atoms with van der Waals surface area (Å²) in [5.41, 5.74) is 4.58. The SMILES string of the molecule is Cc1ccc(C)c(NC(=O)N2CCc3[nH][nH]c(=O)c3CC2)c1. The van der Waals surface area contributed by atoms with Crippen LogP contribution in [0.1, 0.15) is 22.4 Å². The van der Waals surface area contributed by atoms with Gasteiger partial charge in [0.2, 0.25) is 0 Å². The lowest BCUT2D eigenvalue weighted by molar-refractivity contribution is 0.214. The number of carbonyl (C=O) groups is 1. The first-order valence-corrected chi connectivity index (χ1v) is 7.46. The summed E-state index contributed by atoms with van der Waals surface area (Å²) in [7, 11) is 0. The Bertz CT molecular complexity index is 760. The molecule has 0 saturated heterocycles. The van der Waals surface area contributed by atoms with Crippen LogP contribution in [0.4, 0.5) is 10.5 Å². The minimum atomic E-state index is -0.115. The normalized spacial score (nSPS) is 14.4. The topological polar surface area (TPSA) is 81.0 Å². The molecule has 2 amide bonds. The monoisotopic (exact) mass is 300 g/mol. The number of aryl methyl sites for hydroxylation is 2. The maximum absolute atomic E-state index is 12.5. The summed E-state index contributed by atoms with van der Waals surface area (Å²) in [5, 5.41) is 8.47. The first kappa shape index (κ1) is 14.4. The fourth-order valence-corrected chi connectivity index (χ4v) is 2.77. The van der Waals surface area contributed by atoms with Crippen LogP contribution in [0.2, 0.25) is 0 Å². The zero-order chi connectivity index (χ0) is 15.7. The highest BCUT2D eigenvalue weighted by Crippen LogP contribution is 2.18. The van der Waals surface area contributed by atoms with Crippen LogP contribution in [-0.4, -0.2) is 34.2 Å². The second-order valence-electron chi connectivity index (χ2n) is 5.77. The van der Waals surface area contributed by atoms with Crippen LogP contribution in [0.25, 0.3) is 0 Å². The maximum atomic E-state index is 12.5. The van der Waals surface area contributed by atoms with Gasteiger partial charge in [-0.3, -0.25) is 9.89 Å². The Kier molecular flexibility index (Phi) is 3.75. The van der Waals surface area contributed by atoms with Crippen molar-refractivity contribution in [2.24, 2.45) is 0 Å². The van der Waals surface area contributed by atoms with E-state index >= 15 is 0 Å². The van der Waals surface area contributed by atoms with Crippen LogP contribution in [0.5, 0.6) is 0 Å². The maximum Gasteiger partial charge on any atom is 0.321 e. The number of fused-ring (bicyclic) bond motifs is 1. The highest BCUT2D eigenvalue weighted by molar-refractivity contribution is 5.90. The average Bonchev–Trinajstić information content (AvgIpc) is 2.72. The molecule has 22 heavy (non-hydrogen) atoms. The second-order valence-corrected chi connectivity index (χ2v) is 5.77. The van der Waals surface area contributed by atoms with Crippen LogP contribution in [0.3, 0.4) is 0 Å². The fraction of sp³-hybridized carbons (Fsp3) is 0.375. The van der Waals surface area contributed by atoms with Gasteiger partial charge in [-0.1, -0.05) is 12.1 Å². The van der Waals surface area contributed by atoms with Crippen molar-refractivity contribution in [2.75, 3.05) is 18.4 Å². The van der Waals surface area contributed by atoms with Crippen molar-refractivity contribution in [2.45, 2.75) is 26.7 Å². The van der Waals surface area contributed by atoms with E-state index in [0.717, 1.165) is 28.1 Å². The molecule has 6 nitrogen and oxygen atoms in total. The number of aromatic nitrogens is 2. The van der Waals surface area contributed by atoms with Gasteiger partial charge in [0.05, 0.1) is 0 Å². The summed E-state index contributed by atoms with van der Waals surface area (Å²) >= 11 is 0. The smallest absolute Gasteiger partial charge is 0.321 e. The summed E-state index contributed by atoms with van der Waals surface area (Å²) in [5.74, 6) is 0. The largest absolute Gasteiger partial charge is 0.324 e. The van der Waals surface area contributed by atoms with Crippen molar-refractivity contribution in [3.8, 4) is 0 Å². The standard InChI is InChI=1S/C16H20N4O2/c1-10-3-4-11(2)14(9-10)17-16(22)20-7-5-12-13(6-8-20)18-19-15(12)21/h3-4,9H,5-8H2,1-2H3,(H,17,22)(H2,18,19,21). The van der Waals surface area contributed by atoms with Gasteiger partial charge in [-0.05, 0) is 37.5 Å². The molecule has 0 unspecified atom stereocenters. The van der Waals surface area contributed by atoms with Crippen molar-refractivity contribution in [3.05, 3.63) is 50.9 Å². The van der Waals surface area contributed by atoms with E-state index in [4.69, 9.17) is 0 Å². The molecule has 3 N–H and O–H groups in total. The Morgan fingerprint density at radius 3 is 2.77 bits per heavy atom. The highest BCUT2D eigenvalue weighted by Gasteiger charge is 2.21. The number of rotatable bonds is 1. The molecule has 0 bridgehead atoms. The summed E-state index contributed by atoms with van der Waals surface area (Å²) in [6.07, 6.45) is 1.24. The van der Waals surface area contributed by atoms with E-state index in [0.29, 0.717) is 25.9 Å². The van der Waals surface area contributed by atoms with E-state index < -0.39 is 0 Å². The number of nitrogens with zero attached hydrogens (tertiary/aromatic N) is 1. The predicted octanol–water partition coefficient (Wildman–Crippen LogP) is 1.95. The third kappa shape index (κ3) is 2.77. The van der Waals surface area contributed by atoms with Gasteiger partial charge in [0.1, 0.15) is 0 Å². The molecule has 2 aromatic rings. The molecule has 116 valence electrons. The summed E-state index contributed by atoms with van der Waals surface area (Å²) in [6, 6.07) is 5.88. The zero-order valence-electron chi connectivity index (χ0n) is 12.8. The number of anilines is 1. The van der Waals surface area contributed by atoms with E-state index in [1.165, 1.54) is 0 Å². The van der Waals surface area contributed by atoms with Crippen LogP contribution in [0.15, 0.2) is 23.0 Å². The number of H-pyrrole nitrogens is 2. The number of aromatic amines is 2. The minimum Gasteiger partial charge on any atom is -0.324 e. The Morgan fingerprint density at radius 2 is 1.95 bits per heavy atom. The average molecular weight is 300 g/mol. The van der Waals surface area contributed by atoms with Gasteiger partial charge in [0, 0.05) is 36.5 Å². The molecule has 1 aromatic carbocycles. The number of hydrogen-bond donors (Lipinski definition) is 3. The molecule has 0 fully saturated rings. The van der Waals surface area contributed by atoms with Crippen molar-refractivity contribution in [1.82, 2.24) is 15.1 Å². The molecular formula is C16H20N4O2. The number of benzene rings is 1. The van der Waals surface area contributed by atoms with Crippen LogP contribution in [0, 0.1) is 13.8 Å². The summed E-state index contributed by atoms with van der Waals surface area (Å²) < 4.78 is 0. The molecule has 0 radical (unpaired) electrons. The third-order valence-corrected chi connectivity index (χ3v) is 4.15. The lowest BCUT2D eigenvalue weighted by atomic mass is 10.1.